The van der Waals surface area contributed by atoms with Crippen LogP contribution >= 0.6 is 11.6 Å². The second kappa shape index (κ2) is 4.86. The molecule has 0 saturated carbocycles. The first kappa shape index (κ1) is 12.9. The summed E-state index contributed by atoms with van der Waals surface area (Å²) in [5.74, 6) is 0.181. The predicted octanol–water partition coefficient (Wildman–Crippen LogP) is 3.71. The number of H-pyrrole nitrogens is 1. The molecule has 2 atom stereocenters. The number of rotatable bonds is 1. The number of likely N-dealkylation sites (N-methyl/N-ethyl adjacent to an activating group) is 1. The molecule has 1 N–H and O–H groups in total. The van der Waals surface area contributed by atoms with Crippen LogP contribution in [-0.2, 0) is 6.54 Å². The van der Waals surface area contributed by atoms with Crippen LogP contribution < -0.4 is 0 Å². The van der Waals surface area contributed by atoms with Gasteiger partial charge in [0.15, 0.2) is 0 Å². The van der Waals surface area contributed by atoms with Gasteiger partial charge in [0.1, 0.15) is 0 Å². The quantitative estimate of drug-likeness (QED) is 0.548. The fraction of sp³-hybridized carbons (Fsp3) is 0.235. The molecule has 0 radical (unpaired) electrons. The Kier molecular flexibility index (Phi) is 2.98. The largest absolute Gasteiger partial charge is 0.285 e. The maximum absolute atomic E-state index is 6.72. The third kappa shape index (κ3) is 2.04. The number of nitrogens with zero attached hydrogens (tertiary/aromatic N) is 2. The van der Waals surface area contributed by atoms with Gasteiger partial charge >= 0.3 is 0 Å². The molecule has 4 rings (SSSR count). The first-order valence-electron chi connectivity index (χ1n) is 7.09. The molecule has 106 valence electrons. The summed E-state index contributed by atoms with van der Waals surface area (Å²) in [7, 11) is 2.08. The summed E-state index contributed by atoms with van der Waals surface area (Å²) in [4.78, 5) is 2.20. The Labute approximate surface area is 128 Å². The lowest BCUT2D eigenvalue weighted by molar-refractivity contribution is 0.262. The van der Waals surface area contributed by atoms with Crippen LogP contribution in [0.2, 0.25) is 0 Å². The molecule has 0 spiro atoms. The van der Waals surface area contributed by atoms with Gasteiger partial charge in [-0.2, -0.15) is 5.10 Å². The van der Waals surface area contributed by atoms with Crippen LogP contribution in [0.4, 0.5) is 0 Å². The number of hydrogen-bond donors (Lipinski definition) is 1. The van der Waals surface area contributed by atoms with Gasteiger partial charge < -0.3 is 0 Å². The van der Waals surface area contributed by atoms with Gasteiger partial charge in [-0.25, -0.2) is 0 Å². The number of nitrogens with one attached hydrogen (secondary N) is 1. The van der Waals surface area contributed by atoms with Crippen molar-refractivity contribution in [3.05, 3.63) is 65.4 Å². The van der Waals surface area contributed by atoms with E-state index in [1.807, 2.05) is 6.20 Å². The van der Waals surface area contributed by atoms with Crippen LogP contribution in [0.15, 0.2) is 48.7 Å². The van der Waals surface area contributed by atoms with Crippen molar-refractivity contribution in [1.82, 2.24) is 15.1 Å². The Balaban J connectivity index is 1.88. The van der Waals surface area contributed by atoms with Gasteiger partial charge in [0.25, 0.3) is 0 Å². The van der Waals surface area contributed by atoms with Gasteiger partial charge in [0, 0.05) is 17.8 Å². The molecule has 2 heterocycles. The molecule has 4 heteroatoms. The van der Waals surface area contributed by atoms with Crippen molar-refractivity contribution >= 4 is 22.5 Å². The molecule has 3 nitrogen and oxygen atoms in total. The molecular weight excluding hydrogens is 282 g/mol. The molecule has 1 aromatic heterocycles. The first-order chi connectivity index (χ1) is 10.2. The SMILES string of the molecule is CN1Cc2ccccc2C(c2ccc3[nH]ncc3c2)C1Cl. The zero-order chi connectivity index (χ0) is 14.4. The van der Waals surface area contributed by atoms with Crippen LogP contribution in [0.3, 0.4) is 0 Å². The Morgan fingerprint density at radius 3 is 3.00 bits per heavy atom. The molecule has 21 heavy (non-hydrogen) atoms. The lowest BCUT2D eigenvalue weighted by Crippen LogP contribution is -2.37. The molecular formula is C17H16ClN3. The van der Waals surface area contributed by atoms with E-state index in [1.165, 1.54) is 16.7 Å². The number of halogens is 1. The van der Waals surface area contributed by atoms with Crippen molar-refractivity contribution in [3.8, 4) is 0 Å². The number of aromatic amines is 1. The summed E-state index contributed by atoms with van der Waals surface area (Å²) in [6, 6.07) is 15.0. The average molecular weight is 298 g/mol. The van der Waals surface area contributed by atoms with E-state index < -0.39 is 0 Å². The van der Waals surface area contributed by atoms with Crippen LogP contribution in [-0.4, -0.2) is 27.6 Å². The molecule has 2 aromatic carbocycles. The van der Waals surface area contributed by atoms with Gasteiger partial charge in [-0.15, -0.1) is 11.6 Å². The molecule has 0 saturated heterocycles. The van der Waals surface area contributed by atoms with Crippen molar-refractivity contribution in [1.29, 1.82) is 0 Å². The number of hydrogen-bond acceptors (Lipinski definition) is 2. The highest BCUT2D eigenvalue weighted by Gasteiger charge is 2.32. The molecule has 2 unspecified atom stereocenters. The van der Waals surface area contributed by atoms with E-state index in [0.29, 0.717) is 0 Å². The Hall–Kier alpha value is -1.84. The molecule has 1 aliphatic rings. The van der Waals surface area contributed by atoms with Crippen molar-refractivity contribution in [2.45, 2.75) is 18.0 Å². The number of fused-ring (bicyclic) bond motifs is 2. The summed E-state index contributed by atoms with van der Waals surface area (Å²) in [6.45, 7) is 0.898. The Morgan fingerprint density at radius 1 is 1.24 bits per heavy atom. The zero-order valence-electron chi connectivity index (χ0n) is 11.8. The maximum atomic E-state index is 6.72. The van der Waals surface area contributed by atoms with Crippen LogP contribution in [0.5, 0.6) is 0 Å². The summed E-state index contributed by atoms with van der Waals surface area (Å²) in [6.07, 6.45) is 1.86. The molecule has 0 aliphatic carbocycles. The van der Waals surface area contributed by atoms with E-state index in [4.69, 9.17) is 11.6 Å². The average Bonchev–Trinajstić information content (AvgIpc) is 2.96. The van der Waals surface area contributed by atoms with E-state index in [-0.39, 0.29) is 11.4 Å². The predicted molar refractivity (Wildman–Crippen MR) is 85.5 cm³/mol. The second-order valence-electron chi connectivity index (χ2n) is 5.68. The highest BCUT2D eigenvalue weighted by molar-refractivity contribution is 6.21. The number of benzene rings is 2. The maximum Gasteiger partial charge on any atom is 0.0961 e. The van der Waals surface area contributed by atoms with Gasteiger partial charge in [-0.05, 0) is 35.9 Å². The van der Waals surface area contributed by atoms with Gasteiger partial charge in [-0.3, -0.25) is 10.00 Å². The lowest BCUT2D eigenvalue weighted by Gasteiger charge is -2.37. The standard InChI is InChI=1S/C17H16ClN3/c1-21-10-12-4-2-3-5-14(12)16(17(21)18)11-6-7-15-13(8-11)9-19-20-15/h2-9,16-17H,10H2,1H3,(H,19,20). The fourth-order valence-corrected chi connectivity index (χ4v) is 3.58. The summed E-state index contributed by atoms with van der Waals surface area (Å²) in [5.41, 5.74) is 4.95. The minimum Gasteiger partial charge on any atom is -0.285 e. The normalized spacial score (nSPS) is 22.4. The molecule has 0 amide bonds. The monoisotopic (exact) mass is 297 g/mol. The van der Waals surface area contributed by atoms with E-state index in [9.17, 15) is 0 Å². The number of aromatic nitrogens is 2. The van der Waals surface area contributed by atoms with Crippen molar-refractivity contribution in [2.24, 2.45) is 0 Å². The van der Waals surface area contributed by atoms with Crippen LogP contribution in [0, 0.1) is 0 Å². The first-order valence-corrected chi connectivity index (χ1v) is 7.53. The Bertz CT molecular complexity index is 795. The van der Waals surface area contributed by atoms with E-state index in [0.717, 1.165) is 17.4 Å². The molecule has 0 bridgehead atoms. The molecule has 0 fully saturated rings. The third-order valence-corrected chi connectivity index (χ3v) is 4.91. The summed E-state index contributed by atoms with van der Waals surface area (Å²) in [5, 5.41) is 8.22. The zero-order valence-corrected chi connectivity index (χ0v) is 12.5. The van der Waals surface area contributed by atoms with Gasteiger partial charge in [-0.1, -0.05) is 30.3 Å². The van der Waals surface area contributed by atoms with E-state index >= 15 is 0 Å². The number of alkyl halides is 1. The topological polar surface area (TPSA) is 31.9 Å². The summed E-state index contributed by atoms with van der Waals surface area (Å²) >= 11 is 6.72. The van der Waals surface area contributed by atoms with Crippen molar-refractivity contribution in [2.75, 3.05) is 7.05 Å². The highest BCUT2D eigenvalue weighted by Crippen LogP contribution is 2.39. The smallest absolute Gasteiger partial charge is 0.0961 e. The van der Waals surface area contributed by atoms with E-state index in [2.05, 4.69) is 64.6 Å². The highest BCUT2D eigenvalue weighted by atomic mass is 35.5. The Morgan fingerprint density at radius 2 is 2.10 bits per heavy atom. The molecule has 1 aliphatic heterocycles. The van der Waals surface area contributed by atoms with Crippen molar-refractivity contribution in [3.63, 3.8) is 0 Å². The molecule has 3 aromatic rings. The lowest BCUT2D eigenvalue weighted by atomic mass is 9.84. The minimum absolute atomic E-state index is 0.0377. The van der Waals surface area contributed by atoms with Crippen molar-refractivity contribution < 1.29 is 0 Å². The third-order valence-electron chi connectivity index (χ3n) is 4.33. The van der Waals surface area contributed by atoms with Gasteiger partial charge in [0.2, 0.25) is 0 Å². The van der Waals surface area contributed by atoms with Crippen LogP contribution in [0.1, 0.15) is 22.6 Å². The van der Waals surface area contributed by atoms with Gasteiger partial charge in [0.05, 0.1) is 17.2 Å². The minimum atomic E-state index is -0.0377. The summed E-state index contributed by atoms with van der Waals surface area (Å²) < 4.78 is 0. The van der Waals surface area contributed by atoms with E-state index in [1.54, 1.807) is 0 Å². The fourth-order valence-electron chi connectivity index (χ4n) is 3.23. The van der Waals surface area contributed by atoms with Crippen LogP contribution in [0.25, 0.3) is 10.9 Å². The second-order valence-corrected chi connectivity index (χ2v) is 6.13.